The number of unbranched alkanes of at least 4 members (excludes halogenated alkanes) is 2. The molecular formula is C46H64N4O11. The Kier molecular flexibility index (Phi) is 14.8. The fourth-order valence-corrected chi connectivity index (χ4v) is 8.37. The molecule has 0 aliphatic carbocycles. The van der Waals surface area contributed by atoms with Crippen molar-refractivity contribution < 1.29 is 53.8 Å². The second-order valence-electron chi connectivity index (χ2n) is 16.8. The van der Waals surface area contributed by atoms with Gasteiger partial charge in [0.2, 0.25) is 5.95 Å². The number of amides is 1. The van der Waals surface area contributed by atoms with Gasteiger partial charge >= 0.3 is 11.8 Å². The predicted molar refractivity (Wildman–Crippen MR) is 234 cm³/mol. The number of phenolic OH excluding ortho intramolecular Hbond substituents is 2. The lowest BCUT2D eigenvalue weighted by atomic mass is 9.78. The molecule has 334 valence electrons. The van der Waals surface area contributed by atoms with Crippen LogP contribution >= 0.6 is 0 Å². The Hall–Kier alpha value is -5.12. The molecule has 3 aromatic rings. The summed E-state index contributed by atoms with van der Waals surface area (Å²) in [6.07, 6.45) is 7.56. The van der Waals surface area contributed by atoms with E-state index in [0.717, 1.165) is 25.7 Å². The number of anilines is 2. The maximum atomic E-state index is 14.7. The molecule has 0 fully saturated rings. The van der Waals surface area contributed by atoms with E-state index in [1.807, 2.05) is 0 Å². The Bertz CT molecular complexity index is 2200. The molecule has 0 saturated carbocycles. The molecule has 61 heavy (non-hydrogen) atoms. The summed E-state index contributed by atoms with van der Waals surface area (Å²) >= 11 is 0. The number of carbonyl (C=O) groups is 3. The van der Waals surface area contributed by atoms with Crippen LogP contribution in [0.4, 0.5) is 11.6 Å². The number of esters is 1. The smallest absolute Gasteiger partial charge is 0.312 e. The molecule has 2 aliphatic rings. The fourth-order valence-electron chi connectivity index (χ4n) is 8.37. The number of imidazole rings is 1. The molecule has 5 rings (SSSR count). The van der Waals surface area contributed by atoms with Crippen molar-refractivity contribution in [1.82, 2.24) is 9.97 Å². The summed E-state index contributed by atoms with van der Waals surface area (Å²) < 4.78 is 24.0. The Morgan fingerprint density at radius 2 is 1.61 bits per heavy atom. The number of aliphatic hydroxyl groups excluding tert-OH is 2. The number of rotatable bonds is 9. The second kappa shape index (κ2) is 19.3. The van der Waals surface area contributed by atoms with Crippen LogP contribution in [0.2, 0.25) is 0 Å². The largest absolute Gasteiger partial charge is 0.507 e. The summed E-state index contributed by atoms with van der Waals surface area (Å²) in [5, 5.41) is 49.7. The number of aromatic amines is 1. The highest BCUT2D eigenvalue weighted by atomic mass is 16.7. The number of ether oxygens (including phenoxy) is 4. The standard InChI is InChI=1S/C46H64N4O11/c1-12-14-20-50(21-15-13-2)45-48-34-31-32-39(54)28(8)42-33(31)43(56)46(10,61-42)59-22-19-30(58-11)25(5)41(60-29(9)51)27(7)38(53)26(6)37(52)23(3)17-16-18-24(4)44(57)47-36(40(32)55)35(34)49-45/h16-19,22-23,25-27,30,37-38,41,52-55H,12-15,20-21H2,1-11H3,(H,47,57)(H,48,49)/b17-16+,22-19+,24-18+/t23-,25+,26+,27+,30-,37-,38+,41+,46-/m0/s1. The first-order valence-electron chi connectivity index (χ1n) is 21.3. The zero-order valence-electron chi connectivity index (χ0n) is 37.3. The number of methoxy groups -OCH3 is 1. The summed E-state index contributed by atoms with van der Waals surface area (Å²) in [7, 11) is 1.47. The molecule has 2 aromatic carbocycles. The highest BCUT2D eigenvalue weighted by molar-refractivity contribution is 6.28. The lowest BCUT2D eigenvalue weighted by Gasteiger charge is -2.38. The van der Waals surface area contributed by atoms with Gasteiger partial charge in [0.05, 0.1) is 41.0 Å². The van der Waals surface area contributed by atoms with Crippen molar-refractivity contribution in [3.8, 4) is 17.2 Å². The molecule has 15 heteroatoms. The lowest BCUT2D eigenvalue weighted by molar-refractivity contribution is -0.160. The Balaban J connectivity index is 1.76. The molecule has 0 unspecified atom stereocenters. The number of hydrogen-bond acceptors (Lipinski definition) is 13. The summed E-state index contributed by atoms with van der Waals surface area (Å²) in [6.45, 7) is 18.4. The van der Waals surface area contributed by atoms with Gasteiger partial charge < -0.3 is 54.6 Å². The quantitative estimate of drug-likeness (QED) is 0.0921. The predicted octanol–water partition coefficient (Wildman–Crippen LogP) is 7.33. The van der Waals surface area contributed by atoms with Gasteiger partial charge in [0.15, 0.2) is 5.75 Å². The van der Waals surface area contributed by atoms with Crippen molar-refractivity contribution in [3.05, 3.63) is 47.3 Å². The number of benzene rings is 2. The van der Waals surface area contributed by atoms with Crippen LogP contribution in [0.3, 0.4) is 0 Å². The van der Waals surface area contributed by atoms with E-state index < -0.39 is 77.3 Å². The van der Waals surface area contributed by atoms with Gasteiger partial charge in [-0.15, -0.1) is 0 Å². The number of hydrogen-bond donors (Lipinski definition) is 6. The fraction of sp³-hybridized carbons (Fsp3) is 0.565. The number of aromatic hydroxyl groups is 2. The molecule has 15 nitrogen and oxygen atoms in total. The van der Waals surface area contributed by atoms with Gasteiger partial charge in [0, 0.05) is 74.2 Å². The van der Waals surface area contributed by atoms with Gasteiger partial charge in [-0.1, -0.05) is 72.6 Å². The molecule has 9 atom stereocenters. The summed E-state index contributed by atoms with van der Waals surface area (Å²) in [5.74, 6) is -6.46. The van der Waals surface area contributed by atoms with E-state index in [1.54, 1.807) is 65.8 Å². The summed E-state index contributed by atoms with van der Waals surface area (Å²) in [6, 6.07) is 0. The van der Waals surface area contributed by atoms with Crippen molar-refractivity contribution in [2.45, 2.75) is 125 Å². The summed E-state index contributed by atoms with van der Waals surface area (Å²) in [5.41, 5.74) is 0.835. The van der Waals surface area contributed by atoms with Crippen LogP contribution in [0, 0.1) is 30.6 Å². The Morgan fingerprint density at radius 1 is 0.951 bits per heavy atom. The van der Waals surface area contributed by atoms with Crippen LogP contribution < -0.4 is 15.0 Å². The normalized spacial score (nSPS) is 29.5. The van der Waals surface area contributed by atoms with Crippen LogP contribution in [0.5, 0.6) is 17.2 Å². The maximum Gasteiger partial charge on any atom is 0.312 e. The highest BCUT2D eigenvalue weighted by Crippen LogP contribution is 2.54. The Labute approximate surface area is 357 Å². The zero-order chi connectivity index (χ0) is 45.1. The first-order chi connectivity index (χ1) is 28.8. The van der Waals surface area contributed by atoms with Crippen molar-refractivity contribution in [2.75, 3.05) is 30.4 Å². The summed E-state index contributed by atoms with van der Waals surface area (Å²) in [4.78, 5) is 51.4. The van der Waals surface area contributed by atoms with E-state index in [4.69, 9.17) is 23.9 Å². The van der Waals surface area contributed by atoms with E-state index in [9.17, 15) is 34.8 Å². The van der Waals surface area contributed by atoms with E-state index in [2.05, 4.69) is 29.0 Å². The van der Waals surface area contributed by atoms with Crippen LogP contribution in [-0.2, 0) is 23.8 Å². The molecule has 0 radical (unpaired) electrons. The molecule has 1 aromatic heterocycles. The van der Waals surface area contributed by atoms with Crippen molar-refractivity contribution in [2.24, 2.45) is 23.7 Å². The molecule has 0 saturated heterocycles. The number of allylic oxidation sites excluding steroid dienone is 2. The topological polar surface area (TPSA) is 213 Å². The number of phenols is 2. The minimum atomic E-state index is -1.96. The third-order valence-corrected chi connectivity index (χ3v) is 12.3. The second-order valence-corrected chi connectivity index (χ2v) is 16.8. The van der Waals surface area contributed by atoms with E-state index in [-0.39, 0.29) is 55.7 Å². The first-order valence-corrected chi connectivity index (χ1v) is 21.3. The molecular weight excluding hydrogens is 785 g/mol. The number of Topliss-reactive ketones (excluding diaryl/α,β-unsaturated/α-hetero) is 1. The van der Waals surface area contributed by atoms with E-state index in [0.29, 0.717) is 19.0 Å². The third-order valence-electron chi connectivity index (χ3n) is 12.3. The number of aromatic nitrogens is 2. The lowest BCUT2D eigenvalue weighted by Crippen LogP contribution is -2.46. The molecule has 6 N–H and O–H groups in total. The van der Waals surface area contributed by atoms with Crippen molar-refractivity contribution >= 4 is 51.1 Å². The minimum Gasteiger partial charge on any atom is -0.507 e. The van der Waals surface area contributed by atoms with E-state index in [1.165, 1.54) is 27.2 Å². The van der Waals surface area contributed by atoms with Crippen LogP contribution in [0.25, 0.3) is 21.8 Å². The highest BCUT2D eigenvalue weighted by Gasteiger charge is 2.50. The molecule has 1 amide bonds. The van der Waals surface area contributed by atoms with Gasteiger partial charge in [0.1, 0.15) is 28.8 Å². The minimum absolute atomic E-state index is 0.0292. The molecule has 2 aliphatic heterocycles. The number of aliphatic hydroxyl groups is 2. The van der Waals surface area contributed by atoms with Crippen LogP contribution in [-0.4, -0.2) is 98.5 Å². The third kappa shape index (κ3) is 9.24. The van der Waals surface area contributed by atoms with Gasteiger partial charge in [-0.25, -0.2) is 4.98 Å². The molecule has 4 bridgehead atoms. The first kappa shape index (κ1) is 46.9. The van der Waals surface area contributed by atoms with Crippen molar-refractivity contribution in [1.29, 1.82) is 0 Å². The van der Waals surface area contributed by atoms with Gasteiger partial charge in [-0.2, -0.15) is 0 Å². The number of nitrogens with one attached hydrogen (secondary N) is 2. The zero-order valence-corrected chi connectivity index (χ0v) is 37.3. The monoisotopic (exact) mass is 848 g/mol. The Morgan fingerprint density at radius 3 is 2.21 bits per heavy atom. The molecule has 3 heterocycles. The van der Waals surface area contributed by atoms with Crippen LogP contribution in [0.15, 0.2) is 36.1 Å². The number of fused-ring (bicyclic) bond motifs is 1. The number of ketones is 1. The maximum absolute atomic E-state index is 14.7. The molecule has 0 spiro atoms. The average Bonchev–Trinajstić information content (AvgIpc) is 3.78. The SMILES string of the molecule is CCCCN(CCCC)c1nc2c([nH]1)c1c(O)c3c(O)c(C)c4c(c32)C(=O)[C@@](C)(O/C=C/[C@H](OC)[C@@H](C)[C@@H](OC(C)=O)[C@H](C)[C@H](O)[C@H](C)[C@@H](O)[C@@H](C)/C=C/C=C(\C)C(=O)N1)O4. The van der Waals surface area contributed by atoms with Crippen LogP contribution in [0.1, 0.15) is 104 Å². The number of nitrogens with zero attached hydrogens (tertiary/aromatic N) is 2. The van der Waals surface area contributed by atoms with Gasteiger partial charge in [0.25, 0.3) is 11.7 Å². The average molecular weight is 849 g/mol. The number of carbonyl (C=O) groups excluding carboxylic acids is 3. The van der Waals surface area contributed by atoms with Crippen molar-refractivity contribution in [3.63, 3.8) is 0 Å². The van der Waals surface area contributed by atoms with Gasteiger partial charge in [-0.05, 0) is 32.8 Å². The van der Waals surface area contributed by atoms with Gasteiger partial charge in [-0.3, -0.25) is 14.4 Å². The van der Waals surface area contributed by atoms with E-state index >= 15 is 0 Å². The number of H-pyrrole nitrogens is 1.